The molecule has 16 heavy (non-hydrogen) atoms. The number of halogens is 3. The summed E-state index contributed by atoms with van der Waals surface area (Å²) in [6, 6.07) is 7.42. The number of ether oxygens (including phenoxy) is 1. The second-order valence-corrected chi connectivity index (χ2v) is 3.78. The van der Waals surface area contributed by atoms with Crippen molar-refractivity contribution in [1.29, 1.82) is 0 Å². The van der Waals surface area contributed by atoms with Crippen molar-refractivity contribution in [2.75, 3.05) is 0 Å². The highest BCUT2D eigenvalue weighted by atomic mass is 35.5. The summed E-state index contributed by atoms with van der Waals surface area (Å²) in [5.74, 6) is 0.0321. The van der Waals surface area contributed by atoms with Gasteiger partial charge < -0.3 is 4.74 Å². The van der Waals surface area contributed by atoms with Gasteiger partial charge in [0.15, 0.2) is 5.75 Å². The molecule has 0 aliphatic carbocycles. The summed E-state index contributed by atoms with van der Waals surface area (Å²) in [5, 5.41) is 0.214. The Bertz CT molecular complexity index is 482. The van der Waals surface area contributed by atoms with Crippen LogP contribution in [0.25, 0.3) is 0 Å². The predicted octanol–water partition coefficient (Wildman–Crippen LogP) is 4.32. The number of benzene rings is 1. The Morgan fingerprint density at radius 3 is 2.38 bits per heavy atom. The molecule has 0 saturated heterocycles. The highest BCUT2D eigenvalue weighted by Gasteiger charge is 2.11. The van der Waals surface area contributed by atoms with Gasteiger partial charge in [0.05, 0.1) is 10.0 Å². The van der Waals surface area contributed by atoms with Crippen LogP contribution in [0.3, 0.4) is 0 Å². The summed E-state index contributed by atoms with van der Waals surface area (Å²) in [7, 11) is 0. The molecule has 82 valence electrons. The maximum Gasteiger partial charge on any atom is 0.219 e. The van der Waals surface area contributed by atoms with Crippen molar-refractivity contribution < 1.29 is 9.13 Å². The van der Waals surface area contributed by atoms with Gasteiger partial charge in [-0.05, 0) is 18.2 Å². The highest BCUT2D eigenvalue weighted by molar-refractivity contribution is 6.37. The third-order valence-electron chi connectivity index (χ3n) is 1.81. The topological polar surface area (TPSA) is 22.1 Å². The molecule has 0 aliphatic rings. The molecule has 1 aromatic heterocycles. The first-order valence-electron chi connectivity index (χ1n) is 4.40. The van der Waals surface area contributed by atoms with Crippen molar-refractivity contribution in [3.8, 4) is 11.6 Å². The Morgan fingerprint density at radius 2 is 1.81 bits per heavy atom. The van der Waals surface area contributed by atoms with E-state index in [0.29, 0.717) is 5.88 Å². The summed E-state index contributed by atoms with van der Waals surface area (Å²) < 4.78 is 18.3. The van der Waals surface area contributed by atoms with Crippen molar-refractivity contribution in [3.63, 3.8) is 0 Å². The number of pyridine rings is 1. The van der Waals surface area contributed by atoms with Crippen molar-refractivity contribution in [3.05, 3.63) is 52.4 Å². The van der Waals surface area contributed by atoms with Gasteiger partial charge in [0.2, 0.25) is 5.88 Å². The van der Waals surface area contributed by atoms with Crippen LogP contribution >= 0.6 is 23.2 Å². The van der Waals surface area contributed by atoms with Crippen LogP contribution in [0.4, 0.5) is 4.39 Å². The second-order valence-electron chi connectivity index (χ2n) is 2.97. The minimum atomic E-state index is -0.511. The van der Waals surface area contributed by atoms with Crippen molar-refractivity contribution in [2.45, 2.75) is 0 Å². The largest absolute Gasteiger partial charge is 0.436 e. The molecule has 2 nitrogen and oxygen atoms in total. The van der Waals surface area contributed by atoms with Crippen molar-refractivity contribution in [2.24, 2.45) is 0 Å². The Kier molecular flexibility index (Phi) is 3.27. The Morgan fingerprint density at radius 1 is 1.12 bits per heavy atom. The minimum absolute atomic E-state index is 0.107. The van der Waals surface area contributed by atoms with E-state index >= 15 is 0 Å². The molecule has 0 N–H and O–H groups in total. The monoisotopic (exact) mass is 257 g/mol. The van der Waals surface area contributed by atoms with E-state index < -0.39 is 5.82 Å². The normalized spacial score (nSPS) is 10.2. The predicted molar refractivity (Wildman–Crippen MR) is 60.7 cm³/mol. The van der Waals surface area contributed by atoms with Gasteiger partial charge in [0, 0.05) is 12.3 Å². The maximum atomic E-state index is 12.9. The summed E-state index contributed by atoms with van der Waals surface area (Å²) in [5.41, 5.74) is 0. The lowest BCUT2D eigenvalue weighted by Crippen LogP contribution is -1.89. The molecular formula is C11H6Cl2FNO. The van der Waals surface area contributed by atoms with Gasteiger partial charge in [-0.3, -0.25) is 0 Å². The fourth-order valence-electron chi connectivity index (χ4n) is 1.14. The first-order valence-corrected chi connectivity index (χ1v) is 5.16. The molecule has 2 rings (SSSR count). The average molecular weight is 258 g/mol. The molecular weight excluding hydrogens is 252 g/mol. The lowest BCUT2D eigenvalue weighted by atomic mass is 10.3. The van der Waals surface area contributed by atoms with Crippen molar-refractivity contribution in [1.82, 2.24) is 4.98 Å². The molecule has 0 spiro atoms. The average Bonchev–Trinajstić information content (AvgIpc) is 2.25. The van der Waals surface area contributed by atoms with E-state index in [2.05, 4.69) is 4.98 Å². The number of hydrogen-bond donors (Lipinski definition) is 0. The standard InChI is InChI=1S/C11H6Cl2FNO/c12-8-5-7(14)6-9(13)11(8)16-10-3-1-2-4-15-10/h1-6H. The van der Waals surface area contributed by atoms with Gasteiger partial charge in [0.25, 0.3) is 0 Å². The Labute approximate surface area is 102 Å². The number of aromatic nitrogens is 1. The van der Waals surface area contributed by atoms with Crippen LogP contribution in [0.15, 0.2) is 36.5 Å². The lowest BCUT2D eigenvalue weighted by Gasteiger charge is -2.08. The molecule has 0 saturated carbocycles. The van der Waals surface area contributed by atoms with Crippen LogP contribution in [-0.2, 0) is 0 Å². The van der Waals surface area contributed by atoms with E-state index in [4.69, 9.17) is 27.9 Å². The van der Waals surface area contributed by atoms with Crippen molar-refractivity contribution >= 4 is 23.2 Å². The Hall–Kier alpha value is -1.32. The number of hydrogen-bond acceptors (Lipinski definition) is 2. The molecule has 1 aromatic carbocycles. The van der Waals surface area contributed by atoms with Gasteiger partial charge in [-0.15, -0.1) is 0 Å². The van der Waals surface area contributed by atoms with Gasteiger partial charge >= 0.3 is 0 Å². The van der Waals surface area contributed by atoms with Crippen LogP contribution in [0, 0.1) is 5.82 Å². The van der Waals surface area contributed by atoms with Crippen LogP contribution in [0.5, 0.6) is 11.6 Å². The fourth-order valence-corrected chi connectivity index (χ4v) is 1.68. The fraction of sp³-hybridized carbons (Fsp3) is 0. The van der Waals surface area contributed by atoms with Gasteiger partial charge in [-0.1, -0.05) is 29.3 Å². The quantitative estimate of drug-likeness (QED) is 0.800. The third kappa shape index (κ3) is 2.43. The van der Waals surface area contributed by atoms with Crippen LogP contribution in [0.2, 0.25) is 10.0 Å². The molecule has 0 aliphatic heterocycles. The molecule has 0 bridgehead atoms. The van der Waals surface area contributed by atoms with E-state index in [1.54, 1.807) is 24.4 Å². The zero-order valence-corrected chi connectivity index (χ0v) is 9.47. The second kappa shape index (κ2) is 4.68. The minimum Gasteiger partial charge on any atom is -0.436 e. The summed E-state index contributed by atoms with van der Waals surface area (Å²) in [6.07, 6.45) is 1.57. The molecule has 0 fully saturated rings. The van der Waals surface area contributed by atoms with Gasteiger partial charge in [-0.25, -0.2) is 9.37 Å². The van der Waals surface area contributed by atoms with Gasteiger partial charge in [-0.2, -0.15) is 0 Å². The summed E-state index contributed by atoms with van der Waals surface area (Å²) in [4.78, 5) is 3.95. The van der Waals surface area contributed by atoms with E-state index in [-0.39, 0.29) is 15.8 Å². The molecule has 5 heteroatoms. The molecule has 0 radical (unpaired) electrons. The van der Waals surface area contributed by atoms with Crippen LogP contribution in [-0.4, -0.2) is 4.98 Å². The zero-order valence-electron chi connectivity index (χ0n) is 7.95. The first-order chi connectivity index (χ1) is 7.66. The molecule has 2 aromatic rings. The summed E-state index contributed by atoms with van der Waals surface area (Å²) in [6.45, 7) is 0. The van der Waals surface area contributed by atoms with Crippen LogP contribution < -0.4 is 4.74 Å². The first kappa shape index (κ1) is 11.2. The Balaban J connectivity index is 2.35. The molecule has 0 atom stereocenters. The van der Waals surface area contributed by atoms with E-state index in [0.717, 1.165) is 12.1 Å². The SMILES string of the molecule is Fc1cc(Cl)c(Oc2ccccn2)c(Cl)c1. The lowest BCUT2D eigenvalue weighted by molar-refractivity contribution is 0.462. The third-order valence-corrected chi connectivity index (χ3v) is 2.37. The zero-order chi connectivity index (χ0) is 11.5. The highest BCUT2D eigenvalue weighted by Crippen LogP contribution is 2.36. The number of rotatable bonds is 2. The molecule has 1 heterocycles. The van der Waals surface area contributed by atoms with E-state index in [1.807, 2.05) is 0 Å². The van der Waals surface area contributed by atoms with Gasteiger partial charge in [0.1, 0.15) is 5.82 Å². The van der Waals surface area contributed by atoms with E-state index in [1.165, 1.54) is 0 Å². The maximum absolute atomic E-state index is 12.9. The smallest absolute Gasteiger partial charge is 0.219 e. The van der Waals surface area contributed by atoms with E-state index in [9.17, 15) is 4.39 Å². The molecule has 0 unspecified atom stereocenters. The van der Waals surface area contributed by atoms with Crippen LogP contribution in [0.1, 0.15) is 0 Å². The molecule has 0 amide bonds. The number of nitrogens with zero attached hydrogens (tertiary/aromatic N) is 1. The summed E-state index contributed by atoms with van der Waals surface area (Å²) >= 11 is 11.6.